The molecule has 0 spiro atoms. The maximum absolute atomic E-state index is 12.6. The van der Waals surface area contributed by atoms with Crippen LogP contribution in [0.1, 0.15) is 25.8 Å². The number of aliphatic carboxylic acids is 1. The van der Waals surface area contributed by atoms with E-state index in [1.807, 2.05) is 18.2 Å². The number of para-hydroxylation sites is 1. The number of carboxylic acid groups (broad SMARTS) is 1. The molecular formula is C16H19NO4. The second-order valence-electron chi connectivity index (χ2n) is 5.08. The minimum absolute atomic E-state index is 0.0713. The summed E-state index contributed by atoms with van der Waals surface area (Å²) in [6.45, 7) is 3.56. The van der Waals surface area contributed by atoms with Crippen LogP contribution in [0.25, 0.3) is 0 Å². The van der Waals surface area contributed by atoms with Crippen molar-refractivity contribution in [1.29, 1.82) is 0 Å². The van der Waals surface area contributed by atoms with E-state index in [0.717, 1.165) is 24.1 Å². The molecule has 0 saturated heterocycles. The summed E-state index contributed by atoms with van der Waals surface area (Å²) in [4.78, 5) is 25.3. The van der Waals surface area contributed by atoms with E-state index in [9.17, 15) is 9.59 Å². The molecule has 0 bridgehead atoms. The van der Waals surface area contributed by atoms with Crippen LogP contribution in [0.3, 0.4) is 0 Å². The number of anilines is 1. The minimum Gasteiger partial charge on any atom is -0.495 e. The van der Waals surface area contributed by atoms with Crippen molar-refractivity contribution in [2.75, 3.05) is 18.6 Å². The summed E-state index contributed by atoms with van der Waals surface area (Å²) in [6, 6.07) is 5.69. The van der Waals surface area contributed by atoms with Gasteiger partial charge in [0.2, 0.25) is 0 Å². The highest BCUT2D eigenvalue weighted by Crippen LogP contribution is 2.36. The fourth-order valence-corrected chi connectivity index (χ4v) is 2.51. The molecule has 1 N–H and O–H groups in total. The minimum atomic E-state index is -1.07. The van der Waals surface area contributed by atoms with Gasteiger partial charge in [0.15, 0.2) is 0 Å². The average Bonchev–Trinajstić information content (AvgIpc) is 2.51. The molecule has 5 heteroatoms. The zero-order valence-corrected chi connectivity index (χ0v) is 12.5. The number of fused-ring (bicyclic) bond motifs is 1. The van der Waals surface area contributed by atoms with Crippen molar-refractivity contribution in [3.8, 4) is 5.75 Å². The van der Waals surface area contributed by atoms with E-state index >= 15 is 0 Å². The molecule has 0 saturated carbocycles. The van der Waals surface area contributed by atoms with Gasteiger partial charge in [-0.1, -0.05) is 12.1 Å². The standard InChI is InChI=1S/C16H19NO4/c1-10(11(2)16(19)20)15(18)17-9-5-7-12-6-4-8-13(21-3)14(12)17/h4,6,8H,5,7,9H2,1-3H3,(H,19,20). The Morgan fingerprint density at radius 1 is 1.24 bits per heavy atom. The lowest BCUT2D eigenvalue weighted by molar-refractivity contribution is -0.133. The van der Waals surface area contributed by atoms with Crippen molar-refractivity contribution in [2.24, 2.45) is 0 Å². The molecule has 0 atom stereocenters. The number of hydrogen-bond acceptors (Lipinski definition) is 3. The van der Waals surface area contributed by atoms with E-state index in [4.69, 9.17) is 9.84 Å². The summed E-state index contributed by atoms with van der Waals surface area (Å²) in [6.07, 6.45) is 1.74. The Bertz CT molecular complexity index is 604. The van der Waals surface area contributed by atoms with Crippen molar-refractivity contribution in [2.45, 2.75) is 26.7 Å². The first-order valence-corrected chi connectivity index (χ1v) is 6.86. The zero-order chi connectivity index (χ0) is 15.6. The second kappa shape index (κ2) is 5.99. The van der Waals surface area contributed by atoms with Gasteiger partial charge in [-0.2, -0.15) is 0 Å². The van der Waals surface area contributed by atoms with Gasteiger partial charge in [0.25, 0.3) is 5.91 Å². The molecule has 112 valence electrons. The summed E-state index contributed by atoms with van der Waals surface area (Å²) >= 11 is 0. The highest BCUT2D eigenvalue weighted by Gasteiger charge is 2.27. The van der Waals surface area contributed by atoms with Crippen molar-refractivity contribution in [1.82, 2.24) is 0 Å². The number of rotatable bonds is 3. The van der Waals surface area contributed by atoms with E-state index in [0.29, 0.717) is 12.3 Å². The van der Waals surface area contributed by atoms with E-state index < -0.39 is 5.97 Å². The third-order valence-corrected chi connectivity index (χ3v) is 3.85. The Morgan fingerprint density at radius 2 is 1.95 bits per heavy atom. The predicted molar refractivity (Wildman–Crippen MR) is 79.7 cm³/mol. The Morgan fingerprint density at radius 3 is 2.57 bits per heavy atom. The molecule has 0 aliphatic carbocycles. The van der Waals surface area contributed by atoms with Crippen LogP contribution in [0.2, 0.25) is 0 Å². The molecule has 0 radical (unpaired) electrons. The molecule has 0 fully saturated rings. The van der Waals surface area contributed by atoms with Crippen LogP contribution in [-0.4, -0.2) is 30.6 Å². The predicted octanol–water partition coefficient (Wildman–Crippen LogP) is 2.40. The number of hydrogen-bond donors (Lipinski definition) is 1. The van der Waals surface area contributed by atoms with Crippen LogP contribution < -0.4 is 9.64 Å². The number of carbonyl (C=O) groups excluding carboxylic acids is 1. The average molecular weight is 289 g/mol. The van der Waals surface area contributed by atoms with Crippen LogP contribution in [-0.2, 0) is 16.0 Å². The Balaban J connectivity index is 2.47. The van der Waals surface area contributed by atoms with Gasteiger partial charge in [0.1, 0.15) is 5.75 Å². The molecule has 1 aromatic rings. The number of aryl methyl sites for hydroxylation is 1. The van der Waals surface area contributed by atoms with Crippen LogP contribution in [0.4, 0.5) is 5.69 Å². The van der Waals surface area contributed by atoms with Gasteiger partial charge < -0.3 is 14.7 Å². The number of carbonyl (C=O) groups is 2. The number of amides is 1. The molecule has 1 aliphatic rings. The maximum Gasteiger partial charge on any atom is 0.331 e. The van der Waals surface area contributed by atoms with Crippen LogP contribution in [0.5, 0.6) is 5.75 Å². The third-order valence-electron chi connectivity index (χ3n) is 3.85. The second-order valence-corrected chi connectivity index (χ2v) is 5.08. The van der Waals surface area contributed by atoms with Gasteiger partial charge in [-0.05, 0) is 38.3 Å². The first-order chi connectivity index (χ1) is 9.97. The van der Waals surface area contributed by atoms with E-state index in [1.165, 1.54) is 6.92 Å². The topological polar surface area (TPSA) is 66.8 Å². The fourth-order valence-electron chi connectivity index (χ4n) is 2.51. The summed E-state index contributed by atoms with van der Waals surface area (Å²) in [5.41, 5.74) is 2.13. The first kappa shape index (κ1) is 15.1. The van der Waals surface area contributed by atoms with Crippen molar-refractivity contribution in [3.05, 3.63) is 34.9 Å². The largest absolute Gasteiger partial charge is 0.495 e. The van der Waals surface area contributed by atoms with Crippen LogP contribution in [0, 0.1) is 0 Å². The zero-order valence-electron chi connectivity index (χ0n) is 12.5. The fraction of sp³-hybridized carbons (Fsp3) is 0.375. The van der Waals surface area contributed by atoms with Crippen molar-refractivity contribution < 1.29 is 19.4 Å². The highest BCUT2D eigenvalue weighted by atomic mass is 16.5. The summed E-state index contributed by atoms with van der Waals surface area (Å²) in [5.74, 6) is -0.709. The molecular weight excluding hydrogens is 270 g/mol. The molecule has 0 unspecified atom stereocenters. The maximum atomic E-state index is 12.6. The highest BCUT2D eigenvalue weighted by molar-refractivity contribution is 6.10. The molecule has 2 rings (SSSR count). The SMILES string of the molecule is COc1cccc2c1N(C(=O)C(C)=C(C)C(=O)O)CCC2. The van der Waals surface area contributed by atoms with Crippen LogP contribution in [0.15, 0.2) is 29.3 Å². The lowest BCUT2D eigenvalue weighted by Gasteiger charge is -2.31. The van der Waals surface area contributed by atoms with Gasteiger partial charge >= 0.3 is 5.97 Å². The molecule has 1 aliphatic heterocycles. The van der Waals surface area contributed by atoms with E-state index in [2.05, 4.69) is 0 Å². The van der Waals surface area contributed by atoms with E-state index in [-0.39, 0.29) is 17.1 Å². The number of benzene rings is 1. The van der Waals surface area contributed by atoms with Gasteiger partial charge in [-0.15, -0.1) is 0 Å². The summed E-state index contributed by atoms with van der Waals surface area (Å²) in [5, 5.41) is 9.04. The number of carboxylic acids is 1. The number of ether oxygens (including phenoxy) is 1. The quantitative estimate of drug-likeness (QED) is 0.868. The molecule has 1 heterocycles. The van der Waals surface area contributed by atoms with Crippen LogP contribution >= 0.6 is 0 Å². The van der Waals surface area contributed by atoms with Crippen molar-refractivity contribution >= 4 is 17.6 Å². The van der Waals surface area contributed by atoms with Crippen molar-refractivity contribution in [3.63, 3.8) is 0 Å². The van der Waals surface area contributed by atoms with Gasteiger partial charge in [0, 0.05) is 17.7 Å². The molecule has 1 amide bonds. The number of nitrogens with zero attached hydrogens (tertiary/aromatic N) is 1. The smallest absolute Gasteiger partial charge is 0.331 e. The molecule has 0 aromatic heterocycles. The summed E-state index contributed by atoms with van der Waals surface area (Å²) in [7, 11) is 1.57. The van der Waals surface area contributed by atoms with E-state index in [1.54, 1.807) is 18.9 Å². The van der Waals surface area contributed by atoms with Gasteiger partial charge in [0.05, 0.1) is 12.8 Å². The number of methoxy groups -OCH3 is 1. The summed E-state index contributed by atoms with van der Waals surface area (Å²) < 4.78 is 5.35. The van der Waals surface area contributed by atoms with Gasteiger partial charge in [-0.3, -0.25) is 4.79 Å². The third kappa shape index (κ3) is 2.77. The lowest BCUT2D eigenvalue weighted by Crippen LogP contribution is -2.37. The molecule has 21 heavy (non-hydrogen) atoms. The molecule has 1 aromatic carbocycles. The monoisotopic (exact) mass is 289 g/mol. The Labute approximate surface area is 123 Å². The Kier molecular flexibility index (Phi) is 4.31. The lowest BCUT2D eigenvalue weighted by atomic mass is 9.99. The van der Waals surface area contributed by atoms with Gasteiger partial charge in [-0.25, -0.2) is 4.79 Å². The Hall–Kier alpha value is -2.30. The normalized spacial score (nSPS) is 15.1. The molecule has 5 nitrogen and oxygen atoms in total. The first-order valence-electron chi connectivity index (χ1n) is 6.86.